The van der Waals surface area contributed by atoms with Gasteiger partial charge in [-0.2, -0.15) is 13.9 Å². The zero-order valence-electron chi connectivity index (χ0n) is 14.8. The number of carbonyl (C=O) groups is 2. The number of rotatable bonds is 7. The van der Waals surface area contributed by atoms with Crippen molar-refractivity contribution >= 4 is 11.7 Å². The number of hydrogen-bond donors (Lipinski definition) is 1. The van der Waals surface area contributed by atoms with Crippen LogP contribution in [0.5, 0.6) is 11.5 Å². The van der Waals surface area contributed by atoms with Gasteiger partial charge in [0.05, 0.1) is 18.4 Å². The molecule has 26 heavy (non-hydrogen) atoms. The van der Waals surface area contributed by atoms with E-state index in [4.69, 9.17) is 4.74 Å². The fourth-order valence-electron chi connectivity index (χ4n) is 2.50. The highest BCUT2D eigenvalue weighted by Crippen LogP contribution is 2.29. The van der Waals surface area contributed by atoms with E-state index in [1.165, 1.54) is 23.9 Å². The Hall–Kier alpha value is -2.97. The Morgan fingerprint density at radius 1 is 1.27 bits per heavy atom. The molecule has 0 aliphatic rings. The molecule has 1 amide bonds. The van der Waals surface area contributed by atoms with Crippen LogP contribution in [-0.4, -0.2) is 35.2 Å². The van der Waals surface area contributed by atoms with Crippen LogP contribution in [0.4, 0.5) is 8.78 Å². The molecule has 0 saturated carbocycles. The molecule has 2 rings (SSSR count). The second-order valence-electron chi connectivity index (χ2n) is 5.54. The van der Waals surface area contributed by atoms with Crippen molar-refractivity contribution in [2.24, 2.45) is 7.05 Å². The van der Waals surface area contributed by atoms with Gasteiger partial charge in [0.15, 0.2) is 11.5 Å². The predicted octanol–water partition coefficient (Wildman–Crippen LogP) is 2.15. The van der Waals surface area contributed by atoms with Crippen molar-refractivity contribution in [3.05, 3.63) is 40.7 Å². The number of Topliss-reactive ketones (excluding diaryl/α,β-unsaturated/α-hetero) is 1. The maximum absolute atomic E-state index is 12.5. The Balaban J connectivity index is 2.10. The third-order valence-electron chi connectivity index (χ3n) is 3.84. The van der Waals surface area contributed by atoms with Crippen LogP contribution in [0.2, 0.25) is 0 Å². The van der Waals surface area contributed by atoms with Crippen molar-refractivity contribution in [3.8, 4) is 11.5 Å². The van der Waals surface area contributed by atoms with Gasteiger partial charge in [0.2, 0.25) is 0 Å². The molecule has 140 valence electrons. The summed E-state index contributed by atoms with van der Waals surface area (Å²) in [6.45, 7) is 0.293. The molecule has 7 nitrogen and oxygen atoms in total. The van der Waals surface area contributed by atoms with Crippen molar-refractivity contribution in [1.82, 2.24) is 15.1 Å². The molecule has 0 aliphatic heterocycles. The van der Waals surface area contributed by atoms with E-state index in [2.05, 4.69) is 15.2 Å². The Kier molecular flexibility index (Phi) is 5.91. The number of nitrogens with one attached hydrogen (secondary N) is 1. The number of carbonyl (C=O) groups excluding carboxylic acids is 2. The summed E-state index contributed by atoms with van der Waals surface area (Å²) in [5.41, 5.74) is 1.77. The molecule has 0 unspecified atom stereocenters. The van der Waals surface area contributed by atoms with Crippen LogP contribution in [0.1, 0.15) is 27.3 Å². The second kappa shape index (κ2) is 7.94. The summed E-state index contributed by atoms with van der Waals surface area (Å²) in [6, 6.07) is 4.33. The number of halogens is 2. The first-order valence-electron chi connectivity index (χ1n) is 7.69. The van der Waals surface area contributed by atoms with E-state index >= 15 is 0 Å². The van der Waals surface area contributed by atoms with Crippen LogP contribution in [0.15, 0.2) is 18.2 Å². The third kappa shape index (κ3) is 4.16. The molecule has 2 aromatic rings. The number of hydrogen-bond acceptors (Lipinski definition) is 5. The number of benzene rings is 1. The van der Waals surface area contributed by atoms with Gasteiger partial charge in [0.25, 0.3) is 11.7 Å². The average molecular weight is 367 g/mol. The molecule has 1 N–H and O–H groups in total. The van der Waals surface area contributed by atoms with Gasteiger partial charge >= 0.3 is 6.61 Å². The number of methoxy groups -OCH3 is 1. The van der Waals surface area contributed by atoms with Crippen molar-refractivity contribution in [2.45, 2.75) is 27.0 Å². The first-order valence-corrected chi connectivity index (χ1v) is 7.69. The van der Waals surface area contributed by atoms with Crippen molar-refractivity contribution < 1.29 is 27.8 Å². The van der Waals surface area contributed by atoms with Gasteiger partial charge in [-0.15, -0.1) is 0 Å². The summed E-state index contributed by atoms with van der Waals surface area (Å²) >= 11 is 0. The van der Waals surface area contributed by atoms with Crippen molar-refractivity contribution in [3.63, 3.8) is 0 Å². The first kappa shape index (κ1) is 19.4. The molecule has 0 saturated heterocycles. The van der Waals surface area contributed by atoms with Gasteiger partial charge in [-0.25, -0.2) is 0 Å². The summed E-state index contributed by atoms with van der Waals surface area (Å²) in [5, 5.41) is 6.57. The lowest BCUT2D eigenvalue weighted by Gasteiger charge is -2.12. The van der Waals surface area contributed by atoms with E-state index in [0.29, 0.717) is 17.0 Å². The van der Waals surface area contributed by atoms with E-state index in [9.17, 15) is 18.4 Å². The maximum atomic E-state index is 12.5. The summed E-state index contributed by atoms with van der Waals surface area (Å²) in [7, 11) is 3.01. The molecule has 1 aromatic heterocycles. The topological polar surface area (TPSA) is 82.5 Å². The molecule has 0 spiro atoms. The van der Waals surface area contributed by atoms with Gasteiger partial charge in [0, 0.05) is 19.3 Å². The van der Waals surface area contributed by atoms with Crippen LogP contribution in [0.3, 0.4) is 0 Å². The number of amides is 1. The third-order valence-corrected chi connectivity index (χ3v) is 3.84. The van der Waals surface area contributed by atoms with Gasteiger partial charge in [-0.3, -0.25) is 14.3 Å². The fourth-order valence-corrected chi connectivity index (χ4v) is 2.50. The average Bonchev–Trinajstić information content (AvgIpc) is 2.84. The highest BCUT2D eigenvalue weighted by Gasteiger charge is 2.23. The second-order valence-corrected chi connectivity index (χ2v) is 5.54. The van der Waals surface area contributed by atoms with Crippen LogP contribution in [-0.2, 0) is 18.4 Å². The van der Waals surface area contributed by atoms with E-state index in [0.717, 1.165) is 0 Å². The number of ether oxygens (including phenoxy) is 2. The van der Waals surface area contributed by atoms with Crippen LogP contribution < -0.4 is 14.8 Å². The van der Waals surface area contributed by atoms with E-state index in [-0.39, 0.29) is 23.6 Å². The van der Waals surface area contributed by atoms with Crippen LogP contribution in [0, 0.1) is 13.8 Å². The molecule has 0 aliphatic carbocycles. The zero-order valence-corrected chi connectivity index (χ0v) is 14.8. The number of ketones is 1. The molecule has 0 bridgehead atoms. The monoisotopic (exact) mass is 367 g/mol. The maximum Gasteiger partial charge on any atom is 0.387 e. The SMILES string of the molecule is COc1ccc(CNC(=O)C(=O)c2c(C)nn(C)c2C)cc1OC(F)F. The lowest BCUT2D eigenvalue weighted by molar-refractivity contribution is -0.117. The lowest BCUT2D eigenvalue weighted by atomic mass is 10.1. The largest absolute Gasteiger partial charge is 0.493 e. The molecule has 0 atom stereocenters. The van der Waals surface area contributed by atoms with Gasteiger partial charge in [-0.1, -0.05) is 6.07 Å². The number of alkyl halides is 2. The quantitative estimate of drug-likeness (QED) is 0.599. The zero-order chi connectivity index (χ0) is 19.4. The minimum absolute atomic E-state index is 0.0352. The Morgan fingerprint density at radius 2 is 1.96 bits per heavy atom. The lowest BCUT2D eigenvalue weighted by Crippen LogP contribution is -2.31. The number of nitrogens with zero attached hydrogens (tertiary/aromatic N) is 2. The van der Waals surface area contributed by atoms with Crippen LogP contribution in [0.25, 0.3) is 0 Å². The number of aryl methyl sites for hydroxylation is 2. The standard InChI is InChI=1S/C17H19F2N3O4/c1-9-14(10(2)22(3)21-9)15(23)16(24)20-8-11-5-6-12(25-4)13(7-11)26-17(18)19/h5-7,17H,8H2,1-4H3,(H,20,24). The summed E-state index contributed by atoms with van der Waals surface area (Å²) in [4.78, 5) is 24.5. The summed E-state index contributed by atoms with van der Waals surface area (Å²) in [5.74, 6) is -1.53. The highest BCUT2D eigenvalue weighted by atomic mass is 19.3. The normalized spacial score (nSPS) is 10.7. The minimum Gasteiger partial charge on any atom is -0.493 e. The summed E-state index contributed by atoms with van der Waals surface area (Å²) < 4.78 is 35.8. The van der Waals surface area contributed by atoms with Crippen LogP contribution >= 0.6 is 0 Å². The predicted molar refractivity (Wildman–Crippen MR) is 88.5 cm³/mol. The van der Waals surface area contributed by atoms with Crippen molar-refractivity contribution in [1.29, 1.82) is 0 Å². The first-order chi connectivity index (χ1) is 12.2. The molecule has 0 radical (unpaired) electrons. The van der Waals surface area contributed by atoms with E-state index in [1.807, 2.05) is 0 Å². The molecule has 0 fully saturated rings. The molecule has 1 aromatic carbocycles. The number of aromatic nitrogens is 2. The smallest absolute Gasteiger partial charge is 0.387 e. The fraction of sp³-hybridized carbons (Fsp3) is 0.353. The Bertz CT molecular complexity index is 834. The highest BCUT2D eigenvalue weighted by molar-refractivity contribution is 6.43. The Labute approximate surface area is 148 Å². The molecule has 1 heterocycles. The molecule has 9 heteroatoms. The minimum atomic E-state index is -3.01. The van der Waals surface area contributed by atoms with Gasteiger partial charge < -0.3 is 14.8 Å². The van der Waals surface area contributed by atoms with Gasteiger partial charge in [-0.05, 0) is 31.5 Å². The van der Waals surface area contributed by atoms with E-state index < -0.39 is 18.3 Å². The van der Waals surface area contributed by atoms with Crippen molar-refractivity contribution in [2.75, 3.05) is 7.11 Å². The van der Waals surface area contributed by atoms with Gasteiger partial charge in [0.1, 0.15) is 0 Å². The molecular formula is C17H19F2N3O4. The van der Waals surface area contributed by atoms with E-state index in [1.54, 1.807) is 27.0 Å². The Morgan fingerprint density at radius 3 is 2.50 bits per heavy atom. The molecular weight excluding hydrogens is 348 g/mol. The summed E-state index contributed by atoms with van der Waals surface area (Å²) in [6.07, 6.45) is 0.